The minimum absolute atomic E-state index is 0.665. The van der Waals surface area contributed by atoms with E-state index in [0.717, 1.165) is 12.3 Å². The molecule has 1 heterocycles. The second kappa shape index (κ2) is 5.76. The van der Waals surface area contributed by atoms with E-state index < -0.39 is 0 Å². The third-order valence-electron chi connectivity index (χ3n) is 3.85. The molecule has 0 amide bonds. The number of hydrogen-bond acceptors (Lipinski definition) is 3. The molecule has 0 radical (unpaired) electrons. The molecule has 2 nitrogen and oxygen atoms in total. The highest BCUT2D eigenvalue weighted by Crippen LogP contribution is 2.38. The minimum Gasteiger partial charge on any atom is -0.497 e. The van der Waals surface area contributed by atoms with Crippen molar-refractivity contribution in [3.63, 3.8) is 0 Å². The number of rotatable bonds is 5. The second-order valence-electron chi connectivity index (χ2n) is 5.10. The molecule has 1 aromatic carbocycles. The topological polar surface area (TPSA) is 21.3 Å². The van der Waals surface area contributed by atoms with Crippen LogP contribution in [-0.2, 0) is 6.54 Å². The third-order valence-corrected chi connectivity index (χ3v) is 4.72. The molecule has 2 aromatic rings. The van der Waals surface area contributed by atoms with Crippen LogP contribution in [0.5, 0.6) is 5.75 Å². The molecule has 100 valence electrons. The lowest BCUT2D eigenvalue weighted by Gasteiger charge is -2.36. The van der Waals surface area contributed by atoms with Crippen molar-refractivity contribution in [3.8, 4) is 5.75 Å². The first-order valence-electron chi connectivity index (χ1n) is 6.75. The van der Waals surface area contributed by atoms with Crippen LogP contribution in [-0.4, -0.2) is 13.2 Å². The van der Waals surface area contributed by atoms with Gasteiger partial charge in [-0.2, -0.15) is 0 Å². The lowest BCUT2D eigenvalue weighted by Crippen LogP contribution is -2.39. The van der Waals surface area contributed by atoms with Crippen LogP contribution >= 0.6 is 11.3 Å². The van der Waals surface area contributed by atoms with Crippen molar-refractivity contribution in [1.82, 2.24) is 5.32 Å². The summed E-state index contributed by atoms with van der Waals surface area (Å²) in [4.78, 5) is 1.42. The molecule has 0 aliphatic heterocycles. The summed E-state index contributed by atoms with van der Waals surface area (Å²) in [5.74, 6) is 1.66. The Bertz CT molecular complexity index is 517. The van der Waals surface area contributed by atoms with Crippen LogP contribution < -0.4 is 10.1 Å². The van der Waals surface area contributed by atoms with Crippen LogP contribution in [0.1, 0.15) is 29.2 Å². The Hall–Kier alpha value is -1.32. The van der Waals surface area contributed by atoms with Gasteiger partial charge in [-0.25, -0.2) is 0 Å². The zero-order chi connectivity index (χ0) is 13.1. The summed E-state index contributed by atoms with van der Waals surface area (Å²) < 4.78 is 5.28. The predicted octanol–water partition coefficient (Wildman–Crippen LogP) is 3.79. The van der Waals surface area contributed by atoms with E-state index in [1.807, 2.05) is 17.4 Å². The van der Waals surface area contributed by atoms with Crippen molar-refractivity contribution >= 4 is 11.3 Å². The van der Waals surface area contributed by atoms with Crippen molar-refractivity contribution in [2.24, 2.45) is 0 Å². The molecule has 1 aromatic heterocycles. The molecule has 0 unspecified atom stereocenters. The number of ether oxygens (including phenoxy) is 1. The number of benzene rings is 1. The Labute approximate surface area is 118 Å². The molecular formula is C16H19NOS. The lowest BCUT2D eigenvalue weighted by atomic mass is 9.76. The molecule has 3 rings (SSSR count). The van der Waals surface area contributed by atoms with Crippen LogP contribution in [0.3, 0.4) is 0 Å². The van der Waals surface area contributed by atoms with E-state index in [0.29, 0.717) is 12.0 Å². The summed E-state index contributed by atoms with van der Waals surface area (Å²) in [5, 5.41) is 5.76. The molecular weight excluding hydrogens is 254 g/mol. The van der Waals surface area contributed by atoms with Gasteiger partial charge in [-0.3, -0.25) is 0 Å². The maximum atomic E-state index is 5.28. The number of methoxy groups -OCH3 is 1. The van der Waals surface area contributed by atoms with Gasteiger partial charge in [0.2, 0.25) is 0 Å². The van der Waals surface area contributed by atoms with Crippen molar-refractivity contribution in [2.75, 3.05) is 7.11 Å². The second-order valence-corrected chi connectivity index (χ2v) is 6.13. The third kappa shape index (κ3) is 2.99. The minimum atomic E-state index is 0.665. The molecule has 3 heteroatoms. The molecule has 1 N–H and O–H groups in total. The fraction of sp³-hybridized carbons (Fsp3) is 0.375. The van der Waals surface area contributed by atoms with Gasteiger partial charge in [0.25, 0.3) is 0 Å². The van der Waals surface area contributed by atoms with E-state index in [1.54, 1.807) is 7.11 Å². The first-order valence-corrected chi connectivity index (χ1v) is 7.63. The van der Waals surface area contributed by atoms with Gasteiger partial charge in [0, 0.05) is 17.5 Å². The van der Waals surface area contributed by atoms with E-state index in [-0.39, 0.29) is 0 Å². The fourth-order valence-electron chi connectivity index (χ4n) is 2.61. The molecule has 0 atom stereocenters. The summed E-state index contributed by atoms with van der Waals surface area (Å²) in [6, 6.07) is 13.4. The predicted molar refractivity (Wildman–Crippen MR) is 79.9 cm³/mol. The van der Waals surface area contributed by atoms with E-state index in [1.165, 1.54) is 23.3 Å². The maximum Gasteiger partial charge on any atom is 0.119 e. The highest BCUT2D eigenvalue weighted by Gasteiger charge is 2.29. The van der Waals surface area contributed by atoms with Crippen molar-refractivity contribution < 1.29 is 4.74 Å². The molecule has 1 aliphatic carbocycles. The van der Waals surface area contributed by atoms with E-state index in [2.05, 4.69) is 41.0 Å². The number of thiophene rings is 1. The normalized spacial score (nSPS) is 21.9. The van der Waals surface area contributed by atoms with E-state index in [4.69, 9.17) is 4.74 Å². The van der Waals surface area contributed by atoms with Crippen LogP contribution in [0.15, 0.2) is 41.8 Å². The summed E-state index contributed by atoms with van der Waals surface area (Å²) in [6.45, 7) is 1.01. The molecule has 0 spiro atoms. The summed E-state index contributed by atoms with van der Waals surface area (Å²) in [5.41, 5.74) is 1.41. The van der Waals surface area contributed by atoms with Crippen LogP contribution in [0.4, 0.5) is 0 Å². The fourth-order valence-corrected chi connectivity index (χ4v) is 3.27. The van der Waals surface area contributed by atoms with Crippen LogP contribution in [0.25, 0.3) is 0 Å². The Balaban J connectivity index is 1.49. The first-order chi connectivity index (χ1) is 9.35. The zero-order valence-corrected chi connectivity index (χ0v) is 12.0. The van der Waals surface area contributed by atoms with Crippen molar-refractivity contribution in [1.29, 1.82) is 0 Å². The van der Waals surface area contributed by atoms with Gasteiger partial charge in [0.05, 0.1) is 7.11 Å². The van der Waals surface area contributed by atoms with Crippen molar-refractivity contribution in [3.05, 3.63) is 52.2 Å². The largest absolute Gasteiger partial charge is 0.497 e. The van der Waals surface area contributed by atoms with Crippen LogP contribution in [0.2, 0.25) is 0 Å². The molecule has 1 aliphatic rings. The number of hydrogen-bond donors (Lipinski definition) is 1. The Morgan fingerprint density at radius 3 is 2.89 bits per heavy atom. The zero-order valence-electron chi connectivity index (χ0n) is 11.1. The highest BCUT2D eigenvalue weighted by atomic mass is 32.1. The van der Waals surface area contributed by atoms with E-state index >= 15 is 0 Å². The Morgan fingerprint density at radius 1 is 1.26 bits per heavy atom. The van der Waals surface area contributed by atoms with Gasteiger partial charge in [-0.15, -0.1) is 11.3 Å². The first kappa shape index (κ1) is 12.7. The van der Waals surface area contributed by atoms with Gasteiger partial charge in [0.1, 0.15) is 5.75 Å². The molecule has 0 bridgehead atoms. The quantitative estimate of drug-likeness (QED) is 0.895. The van der Waals surface area contributed by atoms with Gasteiger partial charge in [0.15, 0.2) is 0 Å². The average Bonchev–Trinajstić information content (AvgIpc) is 2.90. The SMILES string of the molecule is COc1cccc(C2CC(NCc3cccs3)C2)c1. The summed E-state index contributed by atoms with van der Waals surface area (Å²) >= 11 is 1.82. The monoisotopic (exact) mass is 273 g/mol. The van der Waals surface area contributed by atoms with Gasteiger partial charge in [-0.1, -0.05) is 18.2 Å². The Morgan fingerprint density at radius 2 is 2.16 bits per heavy atom. The standard InChI is InChI=1S/C16H19NOS/c1-18-15-5-2-4-12(10-15)13-8-14(9-13)17-11-16-6-3-7-19-16/h2-7,10,13-14,17H,8-9,11H2,1H3. The molecule has 1 saturated carbocycles. The smallest absolute Gasteiger partial charge is 0.119 e. The van der Waals surface area contributed by atoms with Gasteiger partial charge >= 0.3 is 0 Å². The summed E-state index contributed by atoms with van der Waals surface area (Å²) in [7, 11) is 1.73. The van der Waals surface area contributed by atoms with Crippen molar-refractivity contribution in [2.45, 2.75) is 31.3 Å². The molecule has 19 heavy (non-hydrogen) atoms. The Kier molecular flexibility index (Phi) is 3.85. The highest BCUT2D eigenvalue weighted by molar-refractivity contribution is 7.09. The lowest BCUT2D eigenvalue weighted by molar-refractivity contribution is 0.289. The van der Waals surface area contributed by atoms with Crippen LogP contribution in [0, 0.1) is 0 Å². The molecule has 1 fully saturated rings. The van der Waals surface area contributed by atoms with E-state index in [9.17, 15) is 0 Å². The maximum absolute atomic E-state index is 5.28. The summed E-state index contributed by atoms with van der Waals surface area (Å²) in [6.07, 6.45) is 2.47. The van der Waals surface area contributed by atoms with Gasteiger partial charge < -0.3 is 10.1 Å². The molecule has 0 saturated heterocycles. The number of nitrogens with one attached hydrogen (secondary N) is 1. The van der Waals surface area contributed by atoms with Gasteiger partial charge in [-0.05, 0) is 47.9 Å². The average molecular weight is 273 g/mol.